The van der Waals surface area contributed by atoms with Crippen molar-refractivity contribution < 1.29 is 5.11 Å². The third-order valence-corrected chi connectivity index (χ3v) is 4.11. The van der Waals surface area contributed by atoms with Crippen molar-refractivity contribution in [1.29, 1.82) is 0 Å². The van der Waals surface area contributed by atoms with E-state index in [-0.39, 0.29) is 12.0 Å². The number of thiophene rings is 1. The van der Waals surface area contributed by atoms with Gasteiger partial charge < -0.3 is 5.11 Å². The van der Waals surface area contributed by atoms with Crippen molar-refractivity contribution in [3.05, 3.63) is 22.4 Å². The Morgan fingerprint density at radius 3 is 2.65 bits per heavy atom. The van der Waals surface area contributed by atoms with Gasteiger partial charge in [-0.1, -0.05) is 33.3 Å². The second-order valence-corrected chi connectivity index (χ2v) is 6.13. The Labute approximate surface area is 109 Å². The van der Waals surface area contributed by atoms with Gasteiger partial charge in [-0.2, -0.15) is 0 Å². The summed E-state index contributed by atoms with van der Waals surface area (Å²) in [6.45, 7) is 9.87. The van der Waals surface area contributed by atoms with Gasteiger partial charge in [0, 0.05) is 30.0 Å². The molecule has 17 heavy (non-hydrogen) atoms. The Balaban J connectivity index is 2.55. The minimum absolute atomic E-state index is 0.0437. The molecule has 0 bridgehead atoms. The predicted octanol–water partition coefficient (Wildman–Crippen LogP) is 3.37. The number of nitrogens with zero attached hydrogens (tertiary/aromatic N) is 1. The average Bonchev–Trinajstić information content (AvgIpc) is 2.81. The molecule has 0 saturated heterocycles. The van der Waals surface area contributed by atoms with Gasteiger partial charge in [0.05, 0.1) is 0 Å². The van der Waals surface area contributed by atoms with Crippen molar-refractivity contribution in [3.63, 3.8) is 0 Å². The average molecular weight is 255 g/mol. The molecule has 98 valence electrons. The van der Waals surface area contributed by atoms with Gasteiger partial charge in [0.25, 0.3) is 0 Å². The zero-order valence-electron chi connectivity index (χ0n) is 11.3. The molecule has 1 unspecified atom stereocenters. The number of hydrogen-bond donors (Lipinski definition) is 1. The van der Waals surface area contributed by atoms with Crippen LogP contribution in [0.2, 0.25) is 0 Å². The summed E-state index contributed by atoms with van der Waals surface area (Å²) in [5.74, 6) is 0. The molecule has 0 saturated carbocycles. The molecular weight excluding hydrogens is 230 g/mol. The largest absolute Gasteiger partial charge is 0.396 e. The summed E-state index contributed by atoms with van der Waals surface area (Å²) in [5, 5.41) is 11.7. The van der Waals surface area contributed by atoms with Crippen LogP contribution in [0.3, 0.4) is 0 Å². The van der Waals surface area contributed by atoms with Crippen molar-refractivity contribution in [1.82, 2.24) is 4.90 Å². The highest BCUT2D eigenvalue weighted by Crippen LogP contribution is 2.25. The first kappa shape index (κ1) is 14.7. The second kappa shape index (κ2) is 7.14. The maximum atomic E-state index is 9.56. The van der Waals surface area contributed by atoms with Crippen LogP contribution >= 0.6 is 11.3 Å². The van der Waals surface area contributed by atoms with E-state index in [9.17, 15) is 5.11 Å². The Morgan fingerprint density at radius 2 is 2.18 bits per heavy atom. The van der Waals surface area contributed by atoms with Gasteiger partial charge in [-0.25, -0.2) is 0 Å². The van der Waals surface area contributed by atoms with Gasteiger partial charge in [0.2, 0.25) is 0 Å². The van der Waals surface area contributed by atoms with Crippen LogP contribution in [0.1, 0.15) is 38.5 Å². The molecular formula is C14H25NOS. The summed E-state index contributed by atoms with van der Waals surface area (Å²) < 4.78 is 0. The van der Waals surface area contributed by atoms with Crippen LogP contribution in [-0.4, -0.2) is 29.7 Å². The van der Waals surface area contributed by atoms with E-state index >= 15 is 0 Å². The van der Waals surface area contributed by atoms with Crippen molar-refractivity contribution in [3.8, 4) is 0 Å². The normalized spacial score (nSPS) is 15.1. The molecule has 0 spiro atoms. The van der Waals surface area contributed by atoms with E-state index in [1.54, 1.807) is 0 Å². The summed E-state index contributed by atoms with van der Waals surface area (Å²) in [5.41, 5.74) is 0.0437. The fourth-order valence-corrected chi connectivity index (χ4v) is 3.00. The third-order valence-electron chi connectivity index (χ3n) is 3.25. The minimum Gasteiger partial charge on any atom is -0.396 e. The standard InChI is InChI=1S/C14H25NOS/c1-4-8-14(3,12-16)11-15(5-2)10-13-7-6-9-17-13/h6-7,9,16H,4-5,8,10-12H2,1-3H3. The van der Waals surface area contributed by atoms with Crippen LogP contribution in [0.15, 0.2) is 17.5 Å². The van der Waals surface area contributed by atoms with E-state index in [2.05, 4.69) is 43.2 Å². The van der Waals surface area contributed by atoms with Gasteiger partial charge in [0.15, 0.2) is 0 Å². The Bertz CT molecular complexity index is 299. The van der Waals surface area contributed by atoms with Crippen LogP contribution < -0.4 is 0 Å². The molecule has 3 heteroatoms. The Kier molecular flexibility index (Phi) is 6.17. The molecule has 1 aromatic heterocycles. The molecule has 0 amide bonds. The maximum Gasteiger partial charge on any atom is 0.0497 e. The molecule has 1 heterocycles. The first-order chi connectivity index (χ1) is 8.13. The molecule has 0 aromatic carbocycles. The van der Waals surface area contributed by atoms with Crippen LogP contribution in [-0.2, 0) is 6.54 Å². The lowest BCUT2D eigenvalue weighted by molar-refractivity contribution is 0.0792. The summed E-state index contributed by atoms with van der Waals surface area (Å²) in [4.78, 5) is 3.83. The van der Waals surface area contributed by atoms with Crippen LogP contribution in [0.25, 0.3) is 0 Å². The van der Waals surface area contributed by atoms with E-state index in [1.165, 1.54) is 4.88 Å². The Hall–Kier alpha value is -0.380. The van der Waals surface area contributed by atoms with Crippen molar-refractivity contribution in [2.45, 2.75) is 40.2 Å². The maximum absolute atomic E-state index is 9.56. The topological polar surface area (TPSA) is 23.5 Å². The lowest BCUT2D eigenvalue weighted by Gasteiger charge is -2.33. The fourth-order valence-electron chi connectivity index (χ4n) is 2.25. The third kappa shape index (κ3) is 4.78. The highest BCUT2D eigenvalue weighted by Gasteiger charge is 2.25. The lowest BCUT2D eigenvalue weighted by atomic mass is 9.86. The summed E-state index contributed by atoms with van der Waals surface area (Å²) in [6.07, 6.45) is 2.22. The predicted molar refractivity (Wildman–Crippen MR) is 75.4 cm³/mol. The number of rotatable bonds is 8. The van der Waals surface area contributed by atoms with Gasteiger partial charge in [-0.3, -0.25) is 4.90 Å². The number of hydrogen-bond acceptors (Lipinski definition) is 3. The summed E-state index contributed by atoms with van der Waals surface area (Å²) >= 11 is 1.81. The van der Waals surface area contributed by atoms with Crippen molar-refractivity contribution in [2.75, 3.05) is 19.7 Å². The zero-order valence-corrected chi connectivity index (χ0v) is 12.1. The molecule has 1 rings (SSSR count). The van der Waals surface area contributed by atoms with Gasteiger partial charge in [-0.05, 0) is 24.4 Å². The molecule has 1 N–H and O–H groups in total. The van der Waals surface area contributed by atoms with Gasteiger partial charge >= 0.3 is 0 Å². The zero-order chi connectivity index (χ0) is 12.7. The minimum atomic E-state index is 0.0437. The molecule has 2 nitrogen and oxygen atoms in total. The molecule has 0 radical (unpaired) electrons. The van der Waals surface area contributed by atoms with E-state index in [4.69, 9.17) is 0 Å². The first-order valence-electron chi connectivity index (χ1n) is 6.49. The molecule has 0 aliphatic rings. The van der Waals surface area contributed by atoms with Crippen molar-refractivity contribution >= 4 is 11.3 Å². The van der Waals surface area contributed by atoms with E-state index in [0.717, 1.165) is 32.5 Å². The molecule has 0 aliphatic heterocycles. The van der Waals surface area contributed by atoms with Crippen LogP contribution in [0, 0.1) is 5.41 Å². The first-order valence-corrected chi connectivity index (χ1v) is 7.37. The summed E-state index contributed by atoms with van der Waals surface area (Å²) in [7, 11) is 0. The van der Waals surface area contributed by atoms with Crippen molar-refractivity contribution in [2.24, 2.45) is 5.41 Å². The number of aliphatic hydroxyl groups is 1. The Morgan fingerprint density at radius 1 is 1.41 bits per heavy atom. The van der Waals surface area contributed by atoms with Crippen LogP contribution in [0.4, 0.5) is 0 Å². The van der Waals surface area contributed by atoms with E-state index < -0.39 is 0 Å². The molecule has 1 atom stereocenters. The summed E-state index contributed by atoms with van der Waals surface area (Å²) in [6, 6.07) is 4.29. The highest BCUT2D eigenvalue weighted by atomic mass is 32.1. The molecule has 1 aromatic rings. The molecule has 0 fully saturated rings. The van der Waals surface area contributed by atoms with Gasteiger partial charge in [0.1, 0.15) is 0 Å². The smallest absolute Gasteiger partial charge is 0.0497 e. The fraction of sp³-hybridized carbons (Fsp3) is 0.714. The van der Waals surface area contributed by atoms with E-state index in [1.807, 2.05) is 11.3 Å². The van der Waals surface area contributed by atoms with E-state index in [0.29, 0.717) is 0 Å². The number of aliphatic hydroxyl groups excluding tert-OH is 1. The monoisotopic (exact) mass is 255 g/mol. The highest BCUT2D eigenvalue weighted by molar-refractivity contribution is 7.09. The van der Waals surface area contributed by atoms with Gasteiger partial charge in [-0.15, -0.1) is 11.3 Å². The lowest BCUT2D eigenvalue weighted by Crippen LogP contribution is -2.37. The van der Waals surface area contributed by atoms with Crippen LogP contribution in [0.5, 0.6) is 0 Å². The second-order valence-electron chi connectivity index (χ2n) is 5.10. The molecule has 0 aliphatic carbocycles. The SMILES string of the molecule is CCCC(C)(CO)CN(CC)Cc1cccs1. The quantitative estimate of drug-likeness (QED) is 0.770.